The third-order valence-corrected chi connectivity index (χ3v) is 2.59. The lowest BCUT2D eigenvalue weighted by atomic mass is 10.2. The summed E-state index contributed by atoms with van der Waals surface area (Å²) in [6.07, 6.45) is 1.54. The van der Waals surface area contributed by atoms with Gasteiger partial charge in [-0.15, -0.1) is 6.42 Å². The van der Waals surface area contributed by atoms with Crippen LogP contribution in [0.15, 0.2) is 42.6 Å². The number of halogens is 3. The Hall–Kier alpha value is -3.21. The van der Waals surface area contributed by atoms with Crippen molar-refractivity contribution in [3.63, 3.8) is 0 Å². The van der Waals surface area contributed by atoms with Crippen molar-refractivity contribution in [3.8, 4) is 18.1 Å². The first kappa shape index (κ1) is 16.2. The van der Waals surface area contributed by atoms with E-state index in [0.29, 0.717) is 17.4 Å². The van der Waals surface area contributed by atoms with Gasteiger partial charge in [-0.25, -0.2) is 4.79 Å². The van der Waals surface area contributed by atoms with E-state index in [1.54, 1.807) is 12.1 Å². The second kappa shape index (κ2) is 6.70. The highest BCUT2D eigenvalue weighted by atomic mass is 19.4. The normalized spacial score (nSPS) is 10.5. The molecule has 0 unspecified atom stereocenters. The van der Waals surface area contributed by atoms with E-state index in [4.69, 9.17) is 11.3 Å². The Bertz CT molecular complexity index is 737. The standard InChI is InChI=1S/C15H10F3N3O2/c1-2-10-3-5-12(6-4-10)23-21-14(22)20-11-7-8-19-13(9-11)15(16,17)18/h1,3-9H,(H2,19,20,21,22). The molecule has 0 bridgehead atoms. The summed E-state index contributed by atoms with van der Waals surface area (Å²) in [6.45, 7) is 0. The molecule has 0 aliphatic rings. The van der Waals surface area contributed by atoms with E-state index in [2.05, 4.69) is 16.2 Å². The van der Waals surface area contributed by atoms with Gasteiger partial charge in [-0.1, -0.05) is 5.92 Å². The van der Waals surface area contributed by atoms with Gasteiger partial charge in [0.15, 0.2) is 5.75 Å². The molecule has 1 heterocycles. The van der Waals surface area contributed by atoms with Gasteiger partial charge >= 0.3 is 12.2 Å². The van der Waals surface area contributed by atoms with Crippen molar-refractivity contribution < 1.29 is 22.8 Å². The SMILES string of the molecule is C#Cc1ccc(ONC(=O)Nc2ccnc(C(F)(F)F)c2)cc1. The predicted molar refractivity (Wildman–Crippen MR) is 76.4 cm³/mol. The average molecular weight is 321 g/mol. The molecule has 1 aromatic carbocycles. The number of hydrogen-bond donors (Lipinski definition) is 2. The maximum absolute atomic E-state index is 12.5. The van der Waals surface area contributed by atoms with Gasteiger partial charge in [0, 0.05) is 17.4 Å². The van der Waals surface area contributed by atoms with Crippen LogP contribution in [0.1, 0.15) is 11.3 Å². The topological polar surface area (TPSA) is 63.2 Å². The van der Waals surface area contributed by atoms with E-state index in [1.165, 1.54) is 18.2 Å². The van der Waals surface area contributed by atoms with Crippen LogP contribution < -0.4 is 15.6 Å². The molecule has 0 spiro atoms. The number of benzene rings is 1. The Balaban J connectivity index is 1.93. The van der Waals surface area contributed by atoms with Crippen LogP contribution in [0.2, 0.25) is 0 Å². The number of carbonyl (C=O) groups is 1. The Morgan fingerprint density at radius 3 is 2.52 bits per heavy atom. The van der Waals surface area contributed by atoms with Crippen LogP contribution in [0.4, 0.5) is 23.7 Å². The molecule has 5 nitrogen and oxygen atoms in total. The van der Waals surface area contributed by atoms with E-state index in [1.807, 2.05) is 5.48 Å². The summed E-state index contributed by atoms with van der Waals surface area (Å²) >= 11 is 0. The molecule has 0 atom stereocenters. The zero-order chi connectivity index (χ0) is 16.9. The fourth-order valence-electron chi connectivity index (χ4n) is 1.54. The van der Waals surface area contributed by atoms with Gasteiger partial charge in [0.05, 0.1) is 0 Å². The number of aromatic nitrogens is 1. The zero-order valence-electron chi connectivity index (χ0n) is 11.5. The monoisotopic (exact) mass is 321 g/mol. The van der Waals surface area contributed by atoms with Crippen LogP contribution in [0.3, 0.4) is 0 Å². The van der Waals surface area contributed by atoms with Gasteiger partial charge in [-0.05, 0) is 36.4 Å². The number of rotatable bonds is 3. The molecule has 0 radical (unpaired) electrons. The lowest BCUT2D eigenvalue weighted by Crippen LogP contribution is -2.31. The summed E-state index contributed by atoms with van der Waals surface area (Å²) in [5.74, 6) is 2.73. The average Bonchev–Trinajstić information content (AvgIpc) is 2.53. The molecule has 2 N–H and O–H groups in total. The van der Waals surface area contributed by atoms with Crippen LogP contribution in [0.5, 0.6) is 5.75 Å². The van der Waals surface area contributed by atoms with Crippen molar-refractivity contribution in [1.82, 2.24) is 10.5 Å². The number of urea groups is 1. The number of hydroxylamine groups is 1. The largest absolute Gasteiger partial charge is 0.433 e. The minimum Gasteiger partial charge on any atom is -0.378 e. The van der Waals surface area contributed by atoms with Gasteiger partial charge < -0.3 is 10.2 Å². The molecule has 23 heavy (non-hydrogen) atoms. The smallest absolute Gasteiger partial charge is 0.378 e. The molecule has 0 aliphatic heterocycles. The maximum Gasteiger partial charge on any atom is 0.433 e. The van der Waals surface area contributed by atoms with E-state index >= 15 is 0 Å². The highest BCUT2D eigenvalue weighted by Gasteiger charge is 2.32. The molecule has 0 aliphatic carbocycles. The predicted octanol–water partition coefficient (Wildman–Crippen LogP) is 3.20. The van der Waals surface area contributed by atoms with Crippen molar-refractivity contribution >= 4 is 11.7 Å². The molecule has 0 fully saturated rings. The summed E-state index contributed by atoms with van der Waals surface area (Å²) < 4.78 is 37.5. The van der Waals surface area contributed by atoms with Crippen molar-refractivity contribution in [1.29, 1.82) is 0 Å². The van der Waals surface area contributed by atoms with E-state index in [0.717, 1.165) is 6.20 Å². The maximum atomic E-state index is 12.5. The molecular formula is C15H10F3N3O2. The van der Waals surface area contributed by atoms with E-state index < -0.39 is 17.9 Å². The third kappa shape index (κ3) is 4.64. The van der Waals surface area contributed by atoms with Gasteiger partial charge in [-0.2, -0.15) is 18.7 Å². The number of alkyl halides is 3. The molecule has 118 valence electrons. The summed E-state index contributed by atoms with van der Waals surface area (Å²) in [6, 6.07) is 7.36. The van der Waals surface area contributed by atoms with E-state index in [-0.39, 0.29) is 5.69 Å². The highest BCUT2D eigenvalue weighted by molar-refractivity contribution is 5.88. The lowest BCUT2D eigenvalue weighted by molar-refractivity contribution is -0.141. The van der Waals surface area contributed by atoms with Crippen molar-refractivity contribution in [2.75, 3.05) is 5.32 Å². The minimum atomic E-state index is -4.59. The Labute approximate surface area is 129 Å². The van der Waals surface area contributed by atoms with Gasteiger partial charge in [0.2, 0.25) is 0 Å². The number of pyridine rings is 1. The van der Waals surface area contributed by atoms with Crippen LogP contribution >= 0.6 is 0 Å². The molecule has 1 aromatic heterocycles. The van der Waals surface area contributed by atoms with Gasteiger partial charge in [0.1, 0.15) is 5.69 Å². The van der Waals surface area contributed by atoms with Gasteiger partial charge in [-0.3, -0.25) is 4.98 Å². The second-order valence-corrected chi connectivity index (χ2v) is 4.25. The number of anilines is 1. The highest BCUT2D eigenvalue weighted by Crippen LogP contribution is 2.28. The molecule has 0 saturated carbocycles. The summed E-state index contributed by atoms with van der Waals surface area (Å²) in [4.78, 5) is 19.7. The van der Waals surface area contributed by atoms with Crippen molar-refractivity contribution in [2.45, 2.75) is 6.18 Å². The summed E-state index contributed by atoms with van der Waals surface area (Å²) in [7, 11) is 0. The first-order chi connectivity index (χ1) is 10.9. The number of carbonyl (C=O) groups excluding carboxylic acids is 1. The number of amides is 2. The molecule has 8 heteroatoms. The second-order valence-electron chi connectivity index (χ2n) is 4.25. The fraction of sp³-hybridized carbons (Fsp3) is 0.0667. The minimum absolute atomic E-state index is 0.0731. The molecule has 0 saturated heterocycles. The van der Waals surface area contributed by atoms with Crippen molar-refractivity contribution in [2.24, 2.45) is 0 Å². The number of hydrogen-bond acceptors (Lipinski definition) is 3. The molecular weight excluding hydrogens is 311 g/mol. The zero-order valence-corrected chi connectivity index (χ0v) is 11.5. The lowest BCUT2D eigenvalue weighted by Gasteiger charge is -2.10. The fourth-order valence-corrected chi connectivity index (χ4v) is 1.54. The number of nitrogens with one attached hydrogen (secondary N) is 2. The third-order valence-electron chi connectivity index (χ3n) is 2.59. The quantitative estimate of drug-likeness (QED) is 0.674. The number of terminal acetylenes is 1. The van der Waals surface area contributed by atoms with Gasteiger partial charge in [0.25, 0.3) is 0 Å². The van der Waals surface area contributed by atoms with Crippen LogP contribution in [-0.2, 0) is 6.18 Å². The first-order valence-corrected chi connectivity index (χ1v) is 6.22. The number of nitrogens with zero attached hydrogens (tertiary/aromatic N) is 1. The first-order valence-electron chi connectivity index (χ1n) is 6.22. The molecule has 2 amide bonds. The molecule has 2 aromatic rings. The molecule has 2 rings (SSSR count). The summed E-state index contributed by atoms with van der Waals surface area (Å²) in [5, 5.41) is 2.20. The van der Waals surface area contributed by atoms with Crippen molar-refractivity contribution in [3.05, 3.63) is 53.9 Å². The van der Waals surface area contributed by atoms with Crippen LogP contribution in [-0.4, -0.2) is 11.0 Å². The van der Waals surface area contributed by atoms with Crippen LogP contribution in [0, 0.1) is 12.3 Å². The van der Waals surface area contributed by atoms with Crippen LogP contribution in [0.25, 0.3) is 0 Å². The summed E-state index contributed by atoms with van der Waals surface area (Å²) in [5.41, 5.74) is 1.49. The Kier molecular flexibility index (Phi) is 4.71. The van der Waals surface area contributed by atoms with E-state index in [9.17, 15) is 18.0 Å². The Morgan fingerprint density at radius 1 is 1.22 bits per heavy atom. The Morgan fingerprint density at radius 2 is 1.91 bits per heavy atom.